The van der Waals surface area contributed by atoms with Gasteiger partial charge >= 0.3 is 0 Å². The molecule has 19 heavy (non-hydrogen) atoms. The zero-order valence-electron chi connectivity index (χ0n) is 12.6. The Kier molecular flexibility index (Phi) is 4.16. The molecule has 0 bridgehead atoms. The summed E-state index contributed by atoms with van der Waals surface area (Å²) in [5.41, 5.74) is 0. The quantitative estimate of drug-likeness (QED) is 0.786. The Morgan fingerprint density at radius 1 is 0.947 bits per heavy atom. The highest BCUT2D eigenvalue weighted by Crippen LogP contribution is 2.34. The molecule has 2 saturated heterocycles. The summed E-state index contributed by atoms with van der Waals surface area (Å²) in [5.74, 6) is 1.34. The molecule has 3 heteroatoms. The fraction of sp³-hybridized carbons (Fsp3) is 1.00. The topological polar surface area (TPSA) is 26.7 Å². The second-order valence-corrected chi connectivity index (χ2v) is 7.29. The molecule has 0 aromatic carbocycles. The maximum atomic E-state index is 10.5. The van der Waals surface area contributed by atoms with Gasteiger partial charge in [-0.2, -0.15) is 0 Å². The van der Waals surface area contributed by atoms with Gasteiger partial charge in [-0.1, -0.05) is 13.8 Å². The van der Waals surface area contributed by atoms with Gasteiger partial charge < -0.3 is 5.11 Å². The molecule has 2 aliphatic heterocycles. The number of fused-ring (bicyclic) bond motifs is 1. The summed E-state index contributed by atoms with van der Waals surface area (Å²) in [7, 11) is 0. The van der Waals surface area contributed by atoms with Crippen LogP contribution in [0.25, 0.3) is 0 Å². The summed E-state index contributed by atoms with van der Waals surface area (Å²) in [4.78, 5) is 5.32. The minimum atomic E-state index is -0.105. The highest BCUT2D eigenvalue weighted by Gasteiger charge is 2.39. The molecule has 3 fully saturated rings. The van der Waals surface area contributed by atoms with Gasteiger partial charge in [0.15, 0.2) is 0 Å². The first-order valence-corrected chi connectivity index (χ1v) is 8.31. The van der Waals surface area contributed by atoms with Crippen LogP contribution in [0.4, 0.5) is 0 Å². The first kappa shape index (κ1) is 13.8. The van der Waals surface area contributed by atoms with Crippen LogP contribution in [-0.2, 0) is 0 Å². The van der Waals surface area contributed by atoms with E-state index in [4.69, 9.17) is 0 Å². The Hall–Kier alpha value is -0.120. The number of rotatable bonds is 1. The Balaban J connectivity index is 1.69. The fourth-order valence-electron chi connectivity index (χ4n) is 4.91. The van der Waals surface area contributed by atoms with Crippen molar-refractivity contribution in [3.05, 3.63) is 0 Å². The summed E-state index contributed by atoms with van der Waals surface area (Å²) < 4.78 is 0. The number of aliphatic hydroxyl groups is 1. The van der Waals surface area contributed by atoms with Crippen molar-refractivity contribution in [2.75, 3.05) is 26.2 Å². The van der Waals surface area contributed by atoms with E-state index in [-0.39, 0.29) is 6.10 Å². The lowest BCUT2D eigenvalue weighted by molar-refractivity contribution is -0.0262. The minimum Gasteiger partial charge on any atom is -0.391 e. The van der Waals surface area contributed by atoms with E-state index in [9.17, 15) is 5.11 Å². The lowest BCUT2D eigenvalue weighted by Crippen LogP contribution is -2.53. The van der Waals surface area contributed by atoms with Crippen LogP contribution in [0.2, 0.25) is 0 Å². The largest absolute Gasteiger partial charge is 0.391 e. The average Bonchev–Trinajstić information content (AvgIpc) is 2.67. The van der Waals surface area contributed by atoms with E-state index in [1.165, 1.54) is 51.9 Å². The van der Waals surface area contributed by atoms with E-state index in [2.05, 4.69) is 23.6 Å². The Morgan fingerprint density at radius 2 is 1.68 bits per heavy atom. The molecule has 1 saturated carbocycles. The van der Waals surface area contributed by atoms with Crippen LogP contribution in [0.3, 0.4) is 0 Å². The Labute approximate surface area is 118 Å². The smallest absolute Gasteiger partial charge is 0.0700 e. The molecule has 1 N–H and O–H groups in total. The van der Waals surface area contributed by atoms with Crippen LogP contribution in [0, 0.1) is 11.8 Å². The molecular weight excluding hydrogens is 236 g/mol. The average molecular weight is 266 g/mol. The van der Waals surface area contributed by atoms with Crippen LogP contribution in [0.1, 0.15) is 46.0 Å². The van der Waals surface area contributed by atoms with Gasteiger partial charge in [0.2, 0.25) is 0 Å². The monoisotopic (exact) mass is 266 g/mol. The van der Waals surface area contributed by atoms with Crippen molar-refractivity contribution in [2.45, 2.75) is 64.1 Å². The number of aliphatic hydroxyl groups excluding tert-OH is 1. The lowest BCUT2D eigenvalue weighted by Gasteiger charge is -2.44. The first-order chi connectivity index (χ1) is 9.15. The number of hydrogen-bond donors (Lipinski definition) is 1. The zero-order chi connectivity index (χ0) is 13.4. The molecule has 1 aliphatic carbocycles. The summed E-state index contributed by atoms with van der Waals surface area (Å²) in [5, 5.41) is 10.5. The predicted octanol–water partition coefficient (Wildman–Crippen LogP) is 1.95. The molecular formula is C16H30N2O. The number of hydrogen-bond acceptors (Lipinski definition) is 3. The van der Waals surface area contributed by atoms with Crippen molar-refractivity contribution < 1.29 is 5.11 Å². The van der Waals surface area contributed by atoms with Crippen LogP contribution in [0.5, 0.6) is 0 Å². The minimum absolute atomic E-state index is 0.105. The maximum Gasteiger partial charge on any atom is 0.0700 e. The standard InChI is InChI=1S/C16H30N2O/c1-12-9-13(2)16(15(19)10-12)18-8-4-7-17-6-3-5-14(17)11-18/h12-16,19H,3-11H2,1-2H3. The maximum absolute atomic E-state index is 10.5. The SMILES string of the molecule is CC1CC(C)C(N2CCCN3CCCC3C2)C(O)C1. The van der Waals surface area contributed by atoms with Crippen molar-refractivity contribution in [3.63, 3.8) is 0 Å². The highest BCUT2D eigenvalue weighted by atomic mass is 16.3. The molecule has 3 aliphatic rings. The third kappa shape index (κ3) is 2.84. The summed E-state index contributed by atoms with van der Waals surface area (Å²) >= 11 is 0. The van der Waals surface area contributed by atoms with Crippen LogP contribution in [0.15, 0.2) is 0 Å². The molecule has 0 aromatic heterocycles. The van der Waals surface area contributed by atoms with E-state index in [0.717, 1.165) is 12.5 Å². The van der Waals surface area contributed by atoms with Crippen molar-refractivity contribution >= 4 is 0 Å². The van der Waals surface area contributed by atoms with Gasteiger partial charge in [-0.15, -0.1) is 0 Å². The fourth-order valence-corrected chi connectivity index (χ4v) is 4.91. The third-order valence-corrected chi connectivity index (χ3v) is 5.65. The van der Waals surface area contributed by atoms with Crippen LogP contribution >= 0.6 is 0 Å². The molecule has 0 amide bonds. The van der Waals surface area contributed by atoms with Gasteiger partial charge in [-0.3, -0.25) is 9.80 Å². The molecule has 0 spiro atoms. The van der Waals surface area contributed by atoms with E-state index in [1.807, 2.05) is 0 Å². The van der Waals surface area contributed by atoms with Gasteiger partial charge in [0.05, 0.1) is 6.10 Å². The molecule has 3 rings (SSSR count). The van der Waals surface area contributed by atoms with Crippen molar-refractivity contribution in [1.82, 2.24) is 9.80 Å². The first-order valence-electron chi connectivity index (χ1n) is 8.31. The molecule has 5 unspecified atom stereocenters. The van der Waals surface area contributed by atoms with Crippen molar-refractivity contribution in [2.24, 2.45) is 11.8 Å². The second-order valence-electron chi connectivity index (χ2n) is 7.29. The molecule has 3 nitrogen and oxygen atoms in total. The van der Waals surface area contributed by atoms with Gasteiger partial charge in [-0.05, 0) is 63.6 Å². The van der Waals surface area contributed by atoms with Crippen molar-refractivity contribution in [1.29, 1.82) is 0 Å². The van der Waals surface area contributed by atoms with Crippen LogP contribution < -0.4 is 0 Å². The lowest BCUT2D eigenvalue weighted by atomic mass is 9.77. The molecule has 5 atom stereocenters. The normalized spacial score (nSPS) is 45.9. The molecule has 0 radical (unpaired) electrons. The van der Waals surface area contributed by atoms with E-state index in [1.54, 1.807) is 0 Å². The summed E-state index contributed by atoms with van der Waals surface area (Å²) in [6.07, 6.45) is 6.20. The molecule has 110 valence electrons. The van der Waals surface area contributed by atoms with E-state index in [0.29, 0.717) is 17.9 Å². The second kappa shape index (κ2) is 5.71. The molecule has 2 heterocycles. The van der Waals surface area contributed by atoms with Gasteiger partial charge in [-0.25, -0.2) is 0 Å². The van der Waals surface area contributed by atoms with E-state index < -0.39 is 0 Å². The zero-order valence-corrected chi connectivity index (χ0v) is 12.6. The van der Waals surface area contributed by atoms with Crippen LogP contribution in [-0.4, -0.2) is 59.3 Å². The molecule has 0 aromatic rings. The van der Waals surface area contributed by atoms with Gasteiger partial charge in [0.25, 0.3) is 0 Å². The van der Waals surface area contributed by atoms with Crippen molar-refractivity contribution in [3.8, 4) is 0 Å². The van der Waals surface area contributed by atoms with Gasteiger partial charge in [0.1, 0.15) is 0 Å². The Bertz CT molecular complexity index is 297. The highest BCUT2D eigenvalue weighted by molar-refractivity contribution is 4.94. The Morgan fingerprint density at radius 3 is 2.47 bits per heavy atom. The summed E-state index contributed by atoms with van der Waals surface area (Å²) in [6, 6.07) is 1.18. The van der Waals surface area contributed by atoms with E-state index >= 15 is 0 Å². The predicted molar refractivity (Wildman–Crippen MR) is 78.1 cm³/mol. The summed E-state index contributed by atoms with van der Waals surface area (Å²) in [6.45, 7) is 9.60. The number of nitrogens with zero attached hydrogens (tertiary/aromatic N) is 2. The van der Waals surface area contributed by atoms with Gasteiger partial charge in [0, 0.05) is 18.6 Å². The third-order valence-electron chi connectivity index (χ3n) is 5.65.